The SMILES string of the molecule is O=C([O-])c1ccc(S(=O)(=O)N(NC(=O)c2ccccc2)c2ccccc2)cc1. The molecule has 3 rings (SSSR count). The van der Waals surface area contributed by atoms with Gasteiger partial charge in [-0.2, -0.15) is 12.8 Å². The Morgan fingerprint density at radius 1 is 0.750 bits per heavy atom. The summed E-state index contributed by atoms with van der Waals surface area (Å²) < 4.78 is 27.0. The predicted octanol–water partition coefficient (Wildman–Crippen LogP) is 1.59. The number of carboxylic acid groups (broad SMARTS) is 1. The highest BCUT2D eigenvalue weighted by Crippen LogP contribution is 2.22. The molecule has 0 aliphatic carbocycles. The number of carboxylic acids is 1. The standard InChI is InChI=1S/C20H16N2O5S/c23-19(15-7-3-1-4-8-15)21-22(17-9-5-2-6-10-17)28(26,27)18-13-11-16(12-14-18)20(24)25/h1-14H,(H,21,23)(H,24,25)/p-1. The smallest absolute Gasteiger partial charge is 0.281 e. The third kappa shape index (κ3) is 4.02. The Hall–Kier alpha value is -3.65. The first-order valence-corrected chi connectivity index (χ1v) is 9.61. The van der Waals surface area contributed by atoms with Crippen LogP contribution in [0.2, 0.25) is 0 Å². The van der Waals surface area contributed by atoms with Crippen LogP contribution in [0, 0.1) is 0 Å². The van der Waals surface area contributed by atoms with Gasteiger partial charge < -0.3 is 9.90 Å². The molecule has 0 heterocycles. The summed E-state index contributed by atoms with van der Waals surface area (Å²) in [6.07, 6.45) is 0. The van der Waals surface area contributed by atoms with Gasteiger partial charge in [0.25, 0.3) is 15.9 Å². The summed E-state index contributed by atoms with van der Waals surface area (Å²) in [4.78, 5) is 23.3. The van der Waals surface area contributed by atoms with E-state index < -0.39 is 21.9 Å². The zero-order chi connectivity index (χ0) is 20.1. The van der Waals surface area contributed by atoms with E-state index >= 15 is 0 Å². The molecule has 0 bridgehead atoms. The van der Waals surface area contributed by atoms with Gasteiger partial charge in [-0.15, -0.1) is 0 Å². The maximum absolute atomic E-state index is 13.1. The van der Waals surface area contributed by atoms with Gasteiger partial charge >= 0.3 is 0 Å². The van der Waals surface area contributed by atoms with Crippen molar-refractivity contribution in [1.82, 2.24) is 5.43 Å². The first-order chi connectivity index (χ1) is 13.4. The Morgan fingerprint density at radius 2 is 1.29 bits per heavy atom. The largest absolute Gasteiger partial charge is 0.545 e. The number of nitrogens with one attached hydrogen (secondary N) is 1. The van der Waals surface area contributed by atoms with Crippen molar-refractivity contribution in [1.29, 1.82) is 0 Å². The molecule has 3 aromatic carbocycles. The number of hydrogen-bond donors (Lipinski definition) is 1. The number of hydrogen-bond acceptors (Lipinski definition) is 5. The molecule has 142 valence electrons. The van der Waals surface area contributed by atoms with Crippen LogP contribution in [0.5, 0.6) is 0 Å². The predicted molar refractivity (Wildman–Crippen MR) is 101 cm³/mol. The van der Waals surface area contributed by atoms with Gasteiger partial charge in [-0.3, -0.25) is 4.79 Å². The van der Waals surface area contributed by atoms with E-state index in [0.717, 1.165) is 28.7 Å². The quantitative estimate of drug-likeness (QED) is 0.638. The number of benzene rings is 3. The topological polar surface area (TPSA) is 107 Å². The summed E-state index contributed by atoms with van der Waals surface area (Å²) in [5.74, 6) is -2.03. The number of carbonyl (C=O) groups is 2. The average molecular weight is 395 g/mol. The minimum Gasteiger partial charge on any atom is -0.545 e. The van der Waals surface area contributed by atoms with Crippen LogP contribution in [-0.4, -0.2) is 20.3 Å². The monoisotopic (exact) mass is 395 g/mol. The highest BCUT2D eigenvalue weighted by molar-refractivity contribution is 7.92. The summed E-state index contributed by atoms with van der Waals surface area (Å²) >= 11 is 0. The lowest BCUT2D eigenvalue weighted by Crippen LogP contribution is -2.46. The molecular formula is C20H15N2O5S-. The molecule has 0 aromatic heterocycles. The fourth-order valence-corrected chi connectivity index (χ4v) is 3.73. The Bertz CT molecular complexity index is 1080. The van der Waals surface area contributed by atoms with Crippen LogP contribution in [0.25, 0.3) is 0 Å². The third-order valence-electron chi connectivity index (χ3n) is 3.86. The van der Waals surface area contributed by atoms with E-state index in [-0.39, 0.29) is 21.7 Å². The lowest BCUT2D eigenvalue weighted by molar-refractivity contribution is -0.255. The fraction of sp³-hybridized carbons (Fsp3) is 0. The minimum absolute atomic E-state index is 0.154. The molecule has 1 amide bonds. The lowest BCUT2D eigenvalue weighted by atomic mass is 10.2. The molecule has 7 nitrogen and oxygen atoms in total. The first-order valence-electron chi connectivity index (χ1n) is 8.17. The molecule has 0 fully saturated rings. The van der Waals surface area contributed by atoms with E-state index in [4.69, 9.17) is 0 Å². The Morgan fingerprint density at radius 3 is 1.82 bits per heavy atom. The molecule has 0 aliphatic rings. The molecule has 1 N–H and O–H groups in total. The van der Waals surface area contributed by atoms with Crippen molar-refractivity contribution in [3.63, 3.8) is 0 Å². The highest BCUT2D eigenvalue weighted by atomic mass is 32.2. The van der Waals surface area contributed by atoms with Crippen LogP contribution in [0.3, 0.4) is 0 Å². The summed E-state index contributed by atoms with van der Waals surface area (Å²) in [5.41, 5.74) is 2.75. The highest BCUT2D eigenvalue weighted by Gasteiger charge is 2.27. The van der Waals surface area contributed by atoms with Crippen molar-refractivity contribution in [2.45, 2.75) is 4.90 Å². The molecule has 8 heteroatoms. The Kier molecular flexibility index (Phi) is 5.42. The number of anilines is 1. The number of hydrazine groups is 1. The molecule has 0 aliphatic heterocycles. The van der Waals surface area contributed by atoms with Crippen molar-refractivity contribution < 1.29 is 23.1 Å². The molecule has 0 spiro atoms. The number of rotatable bonds is 6. The minimum atomic E-state index is -4.21. The van der Waals surface area contributed by atoms with E-state index in [2.05, 4.69) is 5.43 Å². The van der Waals surface area contributed by atoms with E-state index in [1.54, 1.807) is 48.5 Å². The van der Waals surface area contributed by atoms with E-state index in [0.29, 0.717) is 0 Å². The summed E-state index contributed by atoms with van der Waals surface area (Å²) in [7, 11) is -4.21. The zero-order valence-corrected chi connectivity index (χ0v) is 15.3. The number of para-hydroxylation sites is 1. The van der Waals surface area contributed by atoms with Crippen LogP contribution in [0.4, 0.5) is 5.69 Å². The van der Waals surface area contributed by atoms with Gasteiger partial charge in [-0.25, -0.2) is 5.43 Å². The van der Waals surface area contributed by atoms with Gasteiger partial charge in [0, 0.05) is 5.56 Å². The maximum Gasteiger partial charge on any atom is 0.281 e. The van der Waals surface area contributed by atoms with Crippen molar-refractivity contribution >= 4 is 27.6 Å². The molecule has 0 atom stereocenters. The lowest BCUT2D eigenvalue weighted by Gasteiger charge is -2.25. The molecule has 0 radical (unpaired) electrons. The number of nitrogens with zero attached hydrogens (tertiary/aromatic N) is 1. The second-order valence-corrected chi connectivity index (χ2v) is 7.51. The van der Waals surface area contributed by atoms with Crippen LogP contribution in [0.15, 0.2) is 89.8 Å². The van der Waals surface area contributed by atoms with Crippen LogP contribution >= 0.6 is 0 Å². The van der Waals surface area contributed by atoms with Gasteiger partial charge in [-0.05, 0) is 42.0 Å². The van der Waals surface area contributed by atoms with Crippen LogP contribution < -0.4 is 14.9 Å². The van der Waals surface area contributed by atoms with Crippen LogP contribution in [0.1, 0.15) is 20.7 Å². The van der Waals surface area contributed by atoms with Crippen molar-refractivity contribution in [3.05, 3.63) is 96.1 Å². The molecular weight excluding hydrogens is 380 g/mol. The number of carbonyl (C=O) groups excluding carboxylic acids is 2. The van der Waals surface area contributed by atoms with Crippen molar-refractivity contribution in [2.24, 2.45) is 0 Å². The van der Waals surface area contributed by atoms with Crippen molar-refractivity contribution in [2.75, 3.05) is 4.41 Å². The third-order valence-corrected chi connectivity index (χ3v) is 5.51. The van der Waals surface area contributed by atoms with Crippen molar-refractivity contribution in [3.8, 4) is 0 Å². The normalized spacial score (nSPS) is 10.9. The van der Waals surface area contributed by atoms with Gasteiger partial charge in [0.05, 0.1) is 16.6 Å². The maximum atomic E-state index is 13.1. The second kappa shape index (κ2) is 7.93. The molecule has 3 aromatic rings. The van der Waals surface area contributed by atoms with Gasteiger partial charge in [0.1, 0.15) is 0 Å². The van der Waals surface area contributed by atoms with Gasteiger partial charge in [0.2, 0.25) is 0 Å². The average Bonchev–Trinajstić information content (AvgIpc) is 2.73. The number of aromatic carboxylic acids is 1. The second-order valence-electron chi connectivity index (χ2n) is 5.72. The summed E-state index contributed by atoms with van der Waals surface area (Å²) in [6, 6.07) is 20.7. The van der Waals surface area contributed by atoms with Gasteiger partial charge in [0.15, 0.2) is 0 Å². The van der Waals surface area contributed by atoms with E-state index in [1.807, 2.05) is 0 Å². The van der Waals surface area contributed by atoms with E-state index in [9.17, 15) is 23.1 Å². The number of sulfonamides is 1. The Balaban J connectivity index is 2.00. The van der Waals surface area contributed by atoms with Crippen LogP contribution in [-0.2, 0) is 10.0 Å². The Labute approximate surface area is 161 Å². The summed E-state index contributed by atoms with van der Waals surface area (Å²) in [6.45, 7) is 0. The molecule has 28 heavy (non-hydrogen) atoms. The fourth-order valence-electron chi connectivity index (χ4n) is 2.44. The molecule has 0 saturated carbocycles. The van der Waals surface area contributed by atoms with Gasteiger partial charge in [-0.1, -0.05) is 48.5 Å². The number of amides is 1. The molecule has 0 saturated heterocycles. The summed E-state index contributed by atoms with van der Waals surface area (Å²) in [5, 5.41) is 10.9. The molecule has 0 unspecified atom stereocenters. The first kappa shape index (κ1) is 19.1. The zero-order valence-electron chi connectivity index (χ0n) is 14.5. The van der Waals surface area contributed by atoms with E-state index in [1.165, 1.54) is 12.1 Å².